The van der Waals surface area contributed by atoms with Gasteiger partial charge in [0, 0.05) is 5.54 Å². The van der Waals surface area contributed by atoms with Crippen molar-refractivity contribution in [3.63, 3.8) is 0 Å². The molecule has 1 N–H and O–H groups in total. The molecule has 0 saturated heterocycles. The van der Waals surface area contributed by atoms with Crippen LogP contribution in [0.4, 0.5) is 0 Å². The van der Waals surface area contributed by atoms with Crippen molar-refractivity contribution in [3.8, 4) is 0 Å². The summed E-state index contributed by atoms with van der Waals surface area (Å²) >= 11 is 0. The Hall–Kier alpha value is -0.0800. The average molecular weight is 144 g/mol. The molecule has 0 heterocycles. The van der Waals surface area contributed by atoms with Gasteiger partial charge in [-0.15, -0.1) is 0 Å². The second kappa shape index (κ2) is 3.94. The molecule has 0 aromatic rings. The SMILES string of the molecule is CCC(C)(CC)NC(C)[O]. The monoisotopic (exact) mass is 144 g/mol. The van der Waals surface area contributed by atoms with Gasteiger partial charge in [-0.2, -0.15) is 0 Å². The lowest BCUT2D eigenvalue weighted by atomic mass is 9.95. The van der Waals surface area contributed by atoms with E-state index in [9.17, 15) is 5.11 Å². The Balaban J connectivity index is 3.80. The third-order valence-corrected chi connectivity index (χ3v) is 2.11. The molecule has 0 saturated carbocycles. The van der Waals surface area contributed by atoms with Crippen molar-refractivity contribution in [2.24, 2.45) is 0 Å². The standard InChI is InChI=1S/C8H18NO/c1-5-8(4,6-2)9-7(3)10/h7,9H,5-6H2,1-4H3. The molecule has 0 aromatic carbocycles. The highest BCUT2D eigenvalue weighted by molar-refractivity contribution is 4.79. The van der Waals surface area contributed by atoms with Crippen LogP contribution < -0.4 is 5.32 Å². The quantitative estimate of drug-likeness (QED) is 0.601. The summed E-state index contributed by atoms with van der Waals surface area (Å²) in [5.74, 6) is 0. The number of hydrogen-bond donors (Lipinski definition) is 1. The number of hydrogen-bond acceptors (Lipinski definition) is 1. The van der Waals surface area contributed by atoms with Gasteiger partial charge in [0.05, 0.1) is 0 Å². The molecule has 1 radical (unpaired) electrons. The zero-order chi connectivity index (χ0) is 8.20. The summed E-state index contributed by atoms with van der Waals surface area (Å²) in [4.78, 5) is 0. The van der Waals surface area contributed by atoms with Gasteiger partial charge >= 0.3 is 0 Å². The Kier molecular flexibility index (Phi) is 3.91. The van der Waals surface area contributed by atoms with Gasteiger partial charge in [0.15, 0.2) is 0 Å². The average Bonchev–Trinajstić information content (AvgIpc) is 1.87. The zero-order valence-corrected chi connectivity index (χ0v) is 7.40. The lowest BCUT2D eigenvalue weighted by Crippen LogP contribution is -2.45. The second-order valence-corrected chi connectivity index (χ2v) is 3.05. The highest BCUT2D eigenvalue weighted by Gasteiger charge is 2.20. The summed E-state index contributed by atoms with van der Waals surface area (Å²) < 4.78 is 0. The molecule has 2 heteroatoms. The fraction of sp³-hybridized carbons (Fsp3) is 1.00. The molecule has 1 unspecified atom stereocenters. The summed E-state index contributed by atoms with van der Waals surface area (Å²) in [5.41, 5.74) is 0.0428. The Morgan fingerprint density at radius 3 is 1.90 bits per heavy atom. The third-order valence-electron chi connectivity index (χ3n) is 2.11. The minimum Gasteiger partial charge on any atom is -0.284 e. The Morgan fingerprint density at radius 1 is 1.40 bits per heavy atom. The largest absolute Gasteiger partial charge is 0.284 e. The van der Waals surface area contributed by atoms with Gasteiger partial charge in [-0.3, -0.25) is 5.32 Å². The molecular formula is C8H18NO. The fourth-order valence-corrected chi connectivity index (χ4v) is 0.945. The predicted molar refractivity (Wildman–Crippen MR) is 42.3 cm³/mol. The van der Waals surface area contributed by atoms with Crippen molar-refractivity contribution in [1.82, 2.24) is 5.32 Å². The van der Waals surface area contributed by atoms with Crippen molar-refractivity contribution in [3.05, 3.63) is 0 Å². The van der Waals surface area contributed by atoms with Crippen LogP contribution in [0.5, 0.6) is 0 Å². The summed E-state index contributed by atoms with van der Waals surface area (Å²) in [7, 11) is 0. The lowest BCUT2D eigenvalue weighted by Gasteiger charge is -2.29. The molecule has 2 nitrogen and oxygen atoms in total. The molecular weight excluding hydrogens is 126 g/mol. The van der Waals surface area contributed by atoms with E-state index in [2.05, 4.69) is 26.1 Å². The molecule has 0 spiro atoms. The Morgan fingerprint density at radius 2 is 1.80 bits per heavy atom. The van der Waals surface area contributed by atoms with Crippen LogP contribution in [-0.2, 0) is 5.11 Å². The first kappa shape index (κ1) is 9.92. The van der Waals surface area contributed by atoms with Gasteiger partial charge in [-0.25, -0.2) is 5.11 Å². The minimum atomic E-state index is -0.648. The zero-order valence-electron chi connectivity index (χ0n) is 7.40. The molecule has 0 aliphatic heterocycles. The summed E-state index contributed by atoms with van der Waals surface area (Å²) in [6.45, 7) is 7.92. The van der Waals surface area contributed by atoms with Crippen LogP contribution in [-0.4, -0.2) is 11.8 Å². The topological polar surface area (TPSA) is 31.9 Å². The molecule has 0 bridgehead atoms. The van der Waals surface area contributed by atoms with E-state index >= 15 is 0 Å². The maximum absolute atomic E-state index is 10.7. The molecule has 0 rings (SSSR count). The van der Waals surface area contributed by atoms with E-state index in [0.717, 1.165) is 12.8 Å². The molecule has 0 fully saturated rings. The van der Waals surface area contributed by atoms with Crippen molar-refractivity contribution in [1.29, 1.82) is 0 Å². The van der Waals surface area contributed by atoms with E-state index in [0.29, 0.717) is 0 Å². The minimum absolute atomic E-state index is 0.0428. The third kappa shape index (κ3) is 3.18. The normalized spacial score (nSPS) is 15.3. The van der Waals surface area contributed by atoms with Crippen LogP contribution in [0, 0.1) is 0 Å². The first-order chi connectivity index (χ1) is 4.54. The predicted octanol–water partition coefficient (Wildman–Crippen LogP) is 1.93. The molecule has 0 aliphatic rings. The summed E-state index contributed by atoms with van der Waals surface area (Å²) in [6, 6.07) is 0. The maximum Gasteiger partial charge on any atom is 0.141 e. The van der Waals surface area contributed by atoms with E-state index in [-0.39, 0.29) is 5.54 Å². The van der Waals surface area contributed by atoms with Gasteiger partial charge < -0.3 is 0 Å². The number of nitrogens with one attached hydrogen (secondary N) is 1. The first-order valence-corrected chi connectivity index (χ1v) is 3.97. The van der Waals surface area contributed by atoms with Gasteiger partial charge in [-0.05, 0) is 26.7 Å². The second-order valence-electron chi connectivity index (χ2n) is 3.05. The van der Waals surface area contributed by atoms with Crippen molar-refractivity contribution in [2.45, 2.75) is 52.3 Å². The molecule has 61 valence electrons. The van der Waals surface area contributed by atoms with E-state index in [1.54, 1.807) is 6.92 Å². The van der Waals surface area contributed by atoms with E-state index in [4.69, 9.17) is 0 Å². The number of rotatable bonds is 4. The van der Waals surface area contributed by atoms with Gasteiger partial charge in [0.25, 0.3) is 0 Å². The van der Waals surface area contributed by atoms with Gasteiger partial charge in [0.1, 0.15) is 6.23 Å². The Bertz CT molecular complexity index is 87.3. The van der Waals surface area contributed by atoms with Crippen molar-refractivity contribution in [2.75, 3.05) is 0 Å². The summed E-state index contributed by atoms with van der Waals surface area (Å²) in [5, 5.41) is 13.7. The molecule has 0 amide bonds. The summed E-state index contributed by atoms with van der Waals surface area (Å²) in [6.07, 6.45) is 1.37. The maximum atomic E-state index is 10.7. The van der Waals surface area contributed by atoms with Crippen LogP contribution >= 0.6 is 0 Å². The molecule has 0 aromatic heterocycles. The first-order valence-electron chi connectivity index (χ1n) is 3.97. The molecule has 1 atom stereocenters. The highest BCUT2D eigenvalue weighted by Crippen LogP contribution is 2.13. The molecule has 0 aliphatic carbocycles. The highest BCUT2D eigenvalue weighted by atomic mass is 16.3. The van der Waals surface area contributed by atoms with E-state index in [1.165, 1.54) is 0 Å². The van der Waals surface area contributed by atoms with Crippen molar-refractivity contribution < 1.29 is 5.11 Å². The van der Waals surface area contributed by atoms with Crippen LogP contribution in [0.2, 0.25) is 0 Å². The molecule has 10 heavy (non-hydrogen) atoms. The van der Waals surface area contributed by atoms with Gasteiger partial charge in [0.2, 0.25) is 0 Å². The van der Waals surface area contributed by atoms with Crippen LogP contribution in [0.3, 0.4) is 0 Å². The van der Waals surface area contributed by atoms with Crippen molar-refractivity contribution >= 4 is 0 Å². The van der Waals surface area contributed by atoms with Gasteiger partial charge in [-0.1, -0.05) is 13.8 Å². The Labute approximate surface area is 63.6 Å². The van der Waals surface area contributed by atoms with Crippen LogP contribution in [0.1, 0.15) is 40.5 Å². The van der Waals surface area contributed by atoms with E-state index in [1.807, 2.05) is 0 Å². The smallest absolute Gasteiger partial charge is 0.141 e. The fourth-order valence-electron chi connectivity index (χ4n) is 0.945. The van der Waals surface area contributed by atoms with Crippen LogP contribution in [0.15, 0.2) is 0 Å². The van der Waals surface area contributed by atoms with E-state index < -0.39 is 6.23 Å². The lowest BCUT2D eigenvalue weighted by molar-refractivity contribution is 0.0431. The van der Waals surface area contributed by atoms with Crippen LogP contribution in [0.25, 0.3) is 0 Å².